The summed E-state index contributed by atoms with van der Waals surface area (Å²) in [6, 6.07) is 16.3. The first-order chi connectivity index (χ1) is 13.6. The Balaban J connectivity index is 1.50. The van der Waals surface area contributed by atoms with Crippen molar-refractivity contribution in [2.75, 3.05) is 11.1 Å². The number of amides is 1. The Hall–Kier alpha value is -2.71. The fourth-order valence-electron chi connectivity index (χ4n) is 2.67. The summed E-state index contributed by atoms with van der Waals surface area (Å²) in [5, 5.41) is 7.83. The molecule has 0 saturated carbocycles. The number of nitrogens with zero attached hydrogens (tertiary/aromatic N) is 3. The molecule has 1 amide bonds. The van der Waals surface area contributed by atoms with Crippen LogP contribution in [0.3, 0.4) is 0 Å². The van der Waals surface area contributed by atoms with E-state index in [2.05, 4.69) is 31.3 Å². The Morgan fingerprint density at radius 2 is 2.00 bits per heavy atom. The standard InChI is InChI=1S/C20H14BrFN4OS/c21-14-6-7-16(15(22)10-14)24-19(27)12-28-20-18-11-17(13-4-2-1-3-5-13)25-26(18)9-8-23-20/h1-11H,12H2,(H,24,27). The van der Waals surface area contributed by atoms with E-state index in [0.717, 1.165) is 16.8 Å². The molecule has 0 atom stereocenters. The largest absolute Gasteiger partial charge is 0.323 e. The third-order valence-electron chi connectivity index (χ3n) is 3.97. The first-order valence-electron chi connectivity index (χ1n) is 8.38. The van der Waals surface area contributed by atoms with E-state index in [0.29, 0.717) is 9.50 Å². The van der Waals surface area contributed by atoms with Gasteiger partial charge in [-0.15, -0.1) is 0 Å². The number of nitrogens with one attached hydrogen (secondary N) is 1. The molecule has 140 valence electrons. The second-order valence-corrected chi connectivity index (χ2v) is 7.80. The van der Waals surface area contributed by atoms with Gasteiger partial charge in [0.05, 0.1) is 22.7 Å². The van der Waals surface area contributed by atoms with E-state index in [1.807, 2.05) is 36.4 Å². The SMILES string of the molecule is O=C(CSc1nccn2nc(-c3ccccc3)cc12)Nc1ccc(Br)cc1F. The number of benzene rings is 2. The minimum atomic E-state index is -0.490. The summed E-state index contributed by atoms with van der Waals surface area (Å²) in [5.41, 5.74) is 2.80. The lowest BCUT2D eigenvalue weighted by Gasteiger charge is -2.07. The molecule has 0 unspecified atom stereocenters. The van der Waals surface area contributed by atoms with E-state index < -0.39 is 5.82 Å². The Bertz CT molecular complexity index is 1150. The Kier molecular flexibility index (Phi) is 5.40. The van der Waals surface area contributed by atoms with Gasteiger partial charge in [-0.2, -0.15) is 5.10 Å². The normalized spacial score (nSPS) is 10.9. The predicted octanol–water partition coefficient (Wildman–Crippen LogP) is 5.03. The van der Waals surface area contributed by atoms with E-state index in [1.165, 1.54) is 23.9 Å². The van der Waals surface area contributed by atoms with Gasteiger partial charge in [-0.25, -0.2) is 13.9 Å². The van der Waals surface area contributed by atoms with E-state index in [1.54, 1.807) is 23.0 Å². The maximum Gasteiger partial charge on any atom is 0.234 e. The molecule has 4 rings (SSSR count). The molecule has 0 fully saturated rings. The van der Waals surface area contributed by atoms with Gasteiger partial charge in [-0.05, 0) is 24.3 Å². The van der Waals surface area contributed by atoms with Crippen molar-refractivity contribution in [1.82, 2.24) is 14.6 Å². The molecule has 2 heterocycles. The highest BCUT2D eigenvalue weighted by molar-refractivity contribution is 9.10. The van der Waals surface area contributed by atoms with Crippen LogP contribution in [0.5, 0.6) is 0 Å². The van der Waals surface area contributed by atoms with Crippen LogP contribution >= 0.6 is 27.7 Å². The molecule has 5 nitrogen and oxygen atoms in total. The van der Waals surface area contributed by atoms with Gasteiger partial charge in [0.25, 0.3) is 0 Å². The summed E-state index contributed by atoms with van der Waals surface area (Å²) >= 11 is 4.47. The van der Waals surface area contributed by atoms with Crippen molar-refractivity contribution in [2.45, 2.75) is 5.03 Å². The highest BCUT2D eigenvalue weighted by Crippen LogP contribution is 2.26. The average Bonchev–Trinajstić information content (AvgIpc) is 3.14. The lowest BCUT2D eigenvalue weighted by atomic mass is 10.1. The zero-order chi connectivity index (χ0) is 19.5. The topological polar surface area (TPSA) is 59.3 Å². The number of aromatic nitrogens is 3. The Morgan fingerprint density at radius 1 is 1.18 bits per heavy atom. The smallest absolute Gasteiger partial charge is 0.234 e. The van der Waals surface area contributed by atoms with Gasteiger partial charge >= 0.3 is 0 Å². The molecule has 4 aromatic rings. The minimum Gasteiger partial charge on any atom is -0.323 e. The van der Waals surface area contributed by atoms with E-state index >= 15 is 0 Å². The molecule has 0 bridgehead atoms. The third kappa shape index (κ3) is 4.07. The maximum atomic E-state index is 13.9. The highest BCUT2D eigenvalue weighted by Gasteiger charge is 2.12. The number of thioether (sulfide) groups is 1. The fourth-order valence-corrected chi connectivity index (χ4v) is 3.78. The van der Waals surface area contributed by atoms with Crippen LogP contribution in [0.1, 0.15) is 0 Å². The van der Waals surface area contributed by atoms with Gasteiger partial charge in [-0.3, -0.25) is 4.79 Å². The van der Waals surface area contributed by atoms with Crippen molar-refractivity contribution in [3.05, 3.63) is 77.3 Å². The van der Waals surface area contributed by atoms with Gasteiger partial charge in [0, 0.05) is 22.4 Å². The number of carbonyl (C=O) groups excluding carboxylic acids is 1. The maximum absolute atomic E-state index is 13.9. The zero-order valence-electron chi connectivity index (χ0n) is 14.5. The summed E-state index contributed by atoms with van der Waals surface area (Å²) in [5.74, 6) is -0.692. The molecule has 2 aromatic heterocycles. The van der Waals surface area contributed by atoms with Crippen LogP contribution in [0.2, 0.25) is 0 Å². The first-order valence-corrected chi connectivity index (χ1v) is 10.2. The molecule has 1 N–H and O–H groups in total. The van der Waals surface area contributed by atoms with Crippen LogP contribution in [-0.2, 0) is 4.79 Å². The van der Waals surface area contributed by atoms with Crippen LogP contribution in [-0.4, -0.2) is 26.3 Å². The van der Waals surface area contributed by atoms with Gasteiger partial charge < -0.3 is 5.32 Å². The molecule has 0 spiro atoms. The lowest BCUT2D eigenvalue weighted by molar-refractivity contribution is -0.113. The summed E-state index contributed by atoms with van der Waals surface area (Å²) in [7, 11) is 0. The summed E-state index contributed by atoms with van der Waals surface area (Å²) in [4.78, 5) is 16.6. The Morgan fingerprint density at radius 3 is 2.79 bits per heavy atom. The summed E-state index contributed by atoms with van der Waals surface area (Å²) in [6.45, 7) is 0. The van der Waals surface area contributed by atoms with Crippen molar-refractivity contribution in [3.8, 4) is 11.3 Å². The molecule has 2 aromatic carbocycles. The van der Waals surface area contributed by atoms with Crippen molar-refractivity contribution < 1.29 is 9.18 Å². The molecule has 0 aliphatic rings. The molecule has 0 aliphatic heterocycles. The molecular weight excluding hydrogens is 443 g/mol. The lowest BCUT2D eigenvalue weighted by Crippen LogP contribution is -2.15. The number of hydrogen-bond acceptors (Lipinski definition) is 4. The minimum absolute atomic E-state index is 0.105. The third-order valence-corrected chi connectivity index (χ3v) is 5.46. The molecule has 0 aliphatic carbocycles. The quantitative estimate of drug-likeness (QED) is 0.427. The van der Waals surface area contributed by atoms with Crippen LogP contribution in [0, 0.1) is 5.82 Å². The second-order valence-electron chi connectivity index (χ2n) is 5.92. The second kappa shape index (κ2) is 8.12. The van der Waals surface area contributed by atoms with Gasteiger partial charge in [-0.1, -0.05) is 58.0 Å². The number of hydrogen-bond donors (Lipinski definition) is 1. The van der Waals surface area contributed by atoms with E-state index in [4.69, 9.17) is 0 Å². The first kappa shape index (κ1) is 18.6. The number of halogens is 2. The van der Waals surface area contributed by atoms with Crippen molar-refractivity contribution in [1.29, 1.82) is 0 Å². The van der Waals surface area contributed by atoms with Crippen molar-refractivity contribution in [2.24, 2.45) is 0 Å². The van der Waals surface area contributed by atoms with Crippen LogP contribution < -0.4 is 5.32 Å². The van der Waals surface area contributed by atoms with E-state index in [-0.39, 0.29) is 17.3 Å². The molecule has 8 heteroatoms. The van der Waals surface area contributed by atoms with Gasteiger partial charge in [0.1, 0.15) is 10.8 Å². The fraction of sp³-hybridized carbons (Fsp3) is 0.0500. The molecular formula is C20H14BrFN4OS. The Labute approximate surface area is 173 Å². The van der Waals surface area contributed by atoms with Crippen LogP contribution in [0.4, 0.5) is 10.1 Å². The van der Waals surface area contributed by atoms with Crippen LogP contribution in [0.25, 0.3) is 16.8 Å². The molecule has 0 saturated heterocycles. The average molecular weight is 457 g/mol. The van der Waals surface area contributed by atoms with Gasteiger partial charge in [0.2, 0.25) is 5.91 Å². The van der Waals surface area contributed by atoms with Gasteiger partial charge in [0.15, 0.2) is 0 Å². The van der Waals surface area contributed by atoms with Crippen LogP contribution in [0.15, 0.2) is 76.5 Å². The van der Waals surface area contributed by atoms with Crippen molar-refractivity contribution in [3.63, 3.8) is 0 Å². The predicted molar refractivity (Wildman–Crippen MR) is 112 cm³/mol. The highest BCUT2D eigenvalue weighted by atomic mass is 79.9. The molecule has 0 radical (unpaired) electrons. The summed E-state index contributed by atoms with van der Waals surface area (Å²) in [6.07, 6.45) is 3.41. The van der Waals surface area contributed by atoms with Crippen molar-refractivity contribution >= 4 is 44.8 Å². The number of anilines is 1. The number of rotatable bonds is 5. The van der Waals surface area contributed by atoms with E-state index in [9.17, 15) is 9.18 Å². The molecule has 28 heavy (non-hydrogen) atoms. The zero-order valence-corrected chi connectivity index (χ0v) is 16.9. The summed E-state index contributed by atoms with van der Waals surface area (Å²) < 4.78 is 16.2. The number of carbonyl (C=O) groups is 1. The monoisotopic (exact) mass is 456 g/mol. The number of fused-ring (bicyclic) bond motifs is 1.